The van der Waals surface area contributed by atoms with E-state index in [1.807, 2.05) is 18.2 Å². The van der Waals surface area contributed by atoms with E-state index in [1.54, 1.807) is 36.4 Å². The zero-order chi connectivity index (χ0) is 24.0. The average Bonchev–Trinajstić information content (AvgIpc) is 3.15. The predicted molar refractivity (Wildman–Crippen MR) is 132 cm³/mol. The van der Waals surface area contributed by atoms with Crippen LogP contribution < -0.4 is 5.32 Å². The van der Waals surface area contributed by atoms with E-state index in [1.165, 1.54) is 30.8 Å². The molecule has 34 heavy (non-hydrogen) atoms. The maximum atomic E-state index is 14.9. The van der Waals surface area contributed by atoms with E-state index in [-0.39, 0.29) is 50.7 Å². The van der Waals surface area contributed by atoms with Gasteiger partial charge in [0, 0.05) is 34.0 Å². The van der Waals surface area contributed by atoms with Crippen LogP contribution in [0.2, 0.25) is 0 Å². The van der Waals surface area contributed by atoms with Gasteiger partial charge in [-0.2, -0.15) is 0 Å². The van der Waals surface area contributed by atoms with Crippen LogP contribution in [0.4, 0.5) is 15.8 Å². The number of carbonyl (C=O) groups is 1. The Morgan fingerprint density at radius 2 is 1.85 bits per heavy atom. The van der Waals surface area contributed by atoms with Crippen LogP contribution in [-0.4, -0.2) is 21.3 Å². The monoisotopic (exact) mass is 496 g/mol. The number of halogens is 2. The zero-order valence-corrected chi connectivity index (χ0v) is 19.9. The molecule has 1 saturated carbocycles. The molecule has 3 aromatic carbocycles. The van der Waals surface area contributed by atoms with Gasteiger partial charge in [0.05, 0.1) is 21.2 Å². The normalized spacial score (nSPS) is 25.2. The van der Waals surface area contributed by atoms with Gasteiger partial charge in [-0.1, -0.05) is 30.3 Å². The van der Waals surface area contributed by atoms with Crippen LogP contribution in [0, 0.1) is 21.8 Å². The molecule has 1 aliphatic carbocycles. The Morgan fingerprint density at radius 1 is 1.12 bits per heavy atom. The van der Waals surface area contributed by atoms with Crippen molar-refractivity contribution in [3.8, 4) is 0 Å². The first-order valence-electron chi connectivity index (χ1n) is 11.0. The molecule has 1 heterocycles. The van der Waals surface area contributed by atoms with Crippen LogP contribution in [0.5, 0.6) is 0 Å². The number of nitro groups is 1. The van der Waals surface area contributed by atoms with Gasteiger partial charge in [-0.3, -0.25) is 14.9 Å². The van der Waals surface area contributed by atoms with E-state index >= 15 is 0 Å². The van der Waals surface area contributed by atoms with E-state index in [0.29, 0.717) is 22.4 Å². The van der Waals surface area contributed by atoms with Crippen LogP contribution in [0.25, 0.3) is 0 Å². The summed E-state index contributed by atoms with van der Waals surface area (Å²) in [6.45, 7) is 1.53. The van der Waals surface area contributed by atoms with Crippen molar-refractivity contribution in [3.63, 3.8) is 0 Å². The zero-order valence-electron chi connectivity index (χ0n) is 18.3. The summed E-state index contributed by atoms with van der Waals surface area (Å²) >= 11 is 8.49. The molecule has 0 radical (unpaired) electrons. The summed E-state index contributed by atoms with van der Waals surface area (Å²) in [5.74, 6) is -0.509. The summed E-state index contributed by atoms with van der Waals surface area (Å²) in [6.07, 6.45) is 0.644. The van der Waals surface area contributed by atoms with Gasteiger partial charge < -0.3 is 5.32 Å². The summed E-state index contributed by atoms with van der Waals surface area (Å²) in [5.41, 5.74) is 2.99. The fourth-order valence-corrected chi connectivity index (χ4v) is 7.19. The molecule has 0 bridgehead atoms. The number of anilines is 1. The van der Waals surface area contributed by atoms with Gasteiger partial charge in [0.2, 0.25) is 0 Å². The maximum absolute atomic E-state index is 14.9. The number of alkyl halides is 1. The number of para-hydroxylation sites is 1. The van der Waals surface area contributed by atoms with Crippen molar-refractivity contribution < 1.29 is 14.1 Å². The Labute approximate surface area is 205 Å². The number of thioether (sulfide) groups is 1. The molecular weight excluding hydrogens is 475 g/mol. The molecule has 2 aliphatic rings. The minimum Gasteiger partial charge on any atom is -0.378 e. The van der Waals surface area contributed by atoms with Crippen molar-refractivity contribution in [2.45, 2.75) is 40.8 Å². The number of benzene rings is 3. The number of nitrogens with one attached hydrogen (secondary N) is 1. The van der Waals surface area contributed by atoms with Crippen LogP contribution in [0.3, 0.4) is 0 Å². The molecule has 5 nitrogen and oxygen atoms in total. The standard InChI is InChI=1S/C26H22ClFN2O3S/c1-14(31)15-10-11-20-17(12-15)24-18(26(29-20)16-6-2-3-7-19(16)28)13-23(25(24)27)34-22-9-5-4-8-21(22)30(32)33/h2-12,18,23-26,29H,13H2,1H3/t18-,23-,24+,25-,26-/m1/s1. The average molecular weight is 497 g/mol. The first kappa shape index (κ1) is 22.9. The highest BCUT2D eigenvalue weighted by atomic mass is 35.5. The molecule has 1 aliphatic heterocycles. The molecule has 5 atom stereocenters. The highest BCUT2D eigenvalue weighted by molar-refractivity contribution is 8.00. The van der Waals surface area contributed by atoms with E-state index in [4.69, 9.17) is 11.6 Å². The Hall–Kier alpha value is -2.90. The molecule has 5 rings (SSSR count). The highest BCUT2D eigenvalue weighted by Crippen LogP contribution is 2.58. The molecule has 0 saturated heterocycles. The number of nitro benzene ring substituents is 1. The molecule has 174 valence electrons. The lowest BCUT2D eigenvalue weighted by atomic mass is 9.76. The van der Waals surface area contributed by atoms with Gasteiger partial charge in [-0.15, -0.1) is 23.4 Å². The van der Waals surface area contributed by atoms with E-state index in [0.717, 1.165) is 11.3 Å². The van der Waals surface area contributed by atoms with Crippen molar-refractivity contribution >= 4 is 40.5 Å². The van der Waals surface area contributed by atoms with Crippen molar-refractivity contribution in [1.82, 2.24) is 0 Å². The summed E-state index contributed by atoms with van der Waals surface area (Å²) in [7, 11) is 0. The number of ketones is 1. The first-order chi connectivity index (χ1) is 16.3. The smallest absolute Gasteiger partial charge is 0.282 e. The number of hydrogen-bond donors (Lipinski definition) is 1. The molecule has 0 amide bonds. The number of nitrogens with zero attached hydrogens (tertiary/aromatic N) is 1. The number of hydrogen-bond acceptors (Lipinski definition) is 5. The first-order valence-corrected chi connectivity index (χ1v) is 12.4. The Bertz CT molecular complexity index is 1290. The van der Waals surface area contributed by atoms with Crippen LogP contribution in [-0.2, 0) is 0 Å². The summed E-state index contributed by atoms with van der Waals surface area (Å²) in [4.78, 5) is 23.8. The number of Topliss-reactive ketones (excluding diaryl/α,β-unsaturated/α-hetero) is 1. The van der Waals surface area contributed by atoms with Crippen molar-refractivity contribution in [2.24, 2.45) is 5.92 Å². The molecule has 1 N–H and O–H groups in total. The lowest BCUT2D eigenvalue weighted by Crippen LogP contribution is -2.31. The largest absolute Gasteiger partial charge is 0.378 e. The molecule has 8 heteroatoms. The third-order valence-corrected chi connectivity index (χ3v) is 8.91. The minimum atomic E-state index is -0.383. The maximum Gasteiger partial charge on any atom is 0.282 e. The van der Waals surface area contributed by atoms with Gasteiger partial charge in [-0.25, -0.2) is 4.39 Å². The lowest BCUT2D eigenvalue weighted by Gasteiger charge is -2.38. The third kappa shape index (κ3) is 3.97. The van der Waals surface area contributed by atoms with Gasteiger partial charge in [0.15, 0.2) is 5.78 Å². The Kier molecular flexibility index (Phi) is 6.08. The molecule has 3 aromatic rings. The van der Waals surface area contributed by atoms with Gasteiger partial charge >= 0.3 is 0 Å². The van der Waals surface area contributed by atoms with E-state index in [9.17, 15) is 19.3 Å². The molecular formula is C26H22ClFN2O3S. The van der Waals surface area contributed by atoms with Gasteiger partial charge in [-0.05, 0) is 55.2 Å². The minimum absolute atomic E-state index is 0.0365. The third-order valence-electron chi connectivity index (χ3n) is 6.80. The second-order valence-corrected chi connectivity index (χ2v) is 10.5. The summed E-state index contributed by atoms with van der Waals surface area (Å²) < 4.78 is 14.9. The fourth-order valence-electron chi connectivity index (χ4n) is 5.24. The number of rotatable bonds is 5. The van der Waals surface area contributed by atoms with Crippen LogP contribution in [0.15, 0.2) is 71.6 Å². The highest BCUT2D eigenvalue weighted by Gasteiger charge is 2.50. The fraction of sp³-hybridized carbons (Fsp3) is 0.269. The number of fused-ring (bicyclic) bond motifs is 3. The van der Waals surface area contributed by atoms with Crippen molar-refractivity contribution in [2.75, 3.05) is 5.32 Å². The summed E-state index contributed by atoms with van der Waals surface area (Å²) in [5, 5.41) is 14.6. The Balaban J connectivity index is 1.57. The molecule has 0 spiro atoms. The van der Waals surface area contributed by atoms with Crippen molar-refractivity contribution in [3.05, 3.63) is 99.4 Å². The van der Waals surface area contributed by atoms with Gasteiger partial charge in [0.1, 0.15) is 5.82 Å². The molecule has 1 fully saturated rings. The van der Waals surface area contributed by atoms with Gasteiger partial charge in [0.25, 0.3) is 5.69 Å². The molecule has 0 unspecified atom stereocenters. The summed E-state index contributed by atoms with van der Waals surface area (Å²) in [6, 6.07) is 18.6. The lowest BCUT2D eigenvalue weighted by molar-refractivity contribution is -0.387. The molecule has 0 aromatic heterocycles. The van der Waals surface area contributed by atoms with E-state index in [2.05, 4.69) is 5.32 Å². The number of carbonyl (C=O) groups excluding carboxylic acids is 1. The van der Waals surface area contributed by atoms with Crippen molar-refractivity contribution in [1.29, 1.82) is 0 Å². The topological polar surface area (TPSA) is 72.2 Å². The predicted octanol–water partition coefficient (Wildman–Crippen LogP) is 6.98. The quantitative estimate of drug-likeness (QED) is 0.178. The Morgan fingerprint density at radius 3 is 2.59 bits per heavy atom. The SMILES string of the molecule is CC(=O)c1ccc2c(c1)[C@@H]1[C@H](Cl)[C@H](Sc3ccccc3[N+](=O)[O-])C[C@H]1[C@@H](c1ccccc1F)N2. The van der Waals surface area contributed by atoms with E-state index < -0.39 is 0 Å². The second kappa shape index (κ2) is 9.04. The van der Waals surface area contributed by atoms with Crippen LogP contribution in [0.1, 0.15) is 46.8 Å². The van der Waals surface area contributed by atoms with Crippen LogP contribution >= 0.6 is 23.4 Å². The second-order valence-electron chi connectivity index (χ2n) is 8.75.